The molecule has 1 aliphatic heterocycles. The van der Waals surface area contributed by atoms with E-state index in [1.807, 2.05) is 31.6 Å². The number of hydrogen-bond donors (Lipinski definition) is 2. The summed E-state index contributed by atoms with van der Waals surface area (Å²) < 4.78 is 7.58. The predicted octanol–water partition coefficient (Wildman–Crippen LogP) is 3.50. The second-order valence-electron chi connectivity index (χ2n) is 7.95. The van der Waals surface area contributed by atoms with E-state index in [0.717, 1.165) is 50.0 Å². The molecule has 1 aromatic carbocycles. The minimum atomic E-state index is 0. The number of nitrogens with zero attached hydrogens (tertiary/aromatic N) is 4. The van der Waals surface area contributed by atoms with Crippen molar-refractivity contribution in [1.82, 2.24) is 20.2 Å². The first-order valence-corrected chi connectivity index (χ1v) is 10.4. The zero-order chi connectivity index (χ0) is 20.6. The summed E-state index contributed by atoms with van der Waals surface area (Å²) >= 11 is 0. The summed E-state index contributed by atoms with van der Waals surface area (Å²) in [6, 6.07) is 8.62. The third-order valence-corrected chi connectivity index (χ3v) is 5.18. The second kappa shape index (κ2) is 12.0. The molecule has 2 heterocycles. The number of imidazole rings is 1. The number of nitrogens with one attached hydrogen (secondary N) is 2. The highest BCUT2D eigenvalue weighted by atomic mass is 127. The lowest BCUT2D eigenvalue weighted by molar-refractivity contribution is 0.414. The van der Waals surface area contributed by atoms with Gasteiger partial charge in [-0.25, -0.2) is 4.98 Å². The van der Waals surface area contributed by atoms with Crippen LogP contribution in [0, 0.1) is 5.92 Å². The van der Waals surface area contributed by atoms with Gasteiger partial charge in [0.1, 0.15) is 11.6 Å². The fourth-order valence-electron chi connectivity index (χ4n) is 3.75. The maximum Gasteiger partial charge on any atom is 0.191 e. The molecule has 2 aromatic rings. The van der Waals surface area contributed by atoms with Gasteiger partial charge in [-0.1, -0.05) is 19.9 Å². The van der Waals surface area contributed by atoms with Crippen molar-refractivity contribution in [2.45, 2.75) is 45.8 Å². The fourth-order valence-corrected chi connectivity index (χ4v) is 3.75. The molecular formula is C22H35IN6O. The predicted molar refractivity (Wildman–Crippen MR) is 134 cm³/mol. The van der Waals surface area contributed by atoms with Gasteiger partial charge in [0.2, 0.25) is 0 Å². The molecule has 1 fully saturated rings. The molecule has 1 atom stereocenters. The lowest BCUT2D eigenvalue weighted by atomic mass is 10.0. The highest BCUT2D eigenvalue weighted by Gasteiger charge is 2.21. The molecule has 1 saturated heterocycles. The van der Waals surface area contributed by atoms with Gasteiger partial charge < -0.3 is 24.8 Å². The van der Waals surface area contributed by atoms with Crippen molar-refractivity contribution < 1.29 is 4.74 Å². The second-order valence-corrected chi connectivity index (χ2v) is 7.95. The maximum atomic E-state index is 5.38. The van der Waals surface area contributed by atoms with Gasteiger partial charge in [-0.05, 0) is 30.9 Å². The average molecular weight is 526 g/mol. The summed E-state index contributed by atoms with van der Waals surface area (Å²) in [6.45, 7) is 8.07. The van der Waals surface area contributed by atoms with E-state index in [1.165, 1.54) is 5.69 Å². The molecule has 1 aromatic heterocycles. The minimum Gasteiger partial charge on any atom is -0.497 e. The molecule has 0 saturated carbocycles. The van der Waals surface area contributed by atoms with Crippen molar-refractivity contribution in [3.8, 4) is 5.75 Å². The molecule has 1 unspecified atom stereocenters. The van der Waals surface area contributed by atoms with Gasteiger partial charge in [-0.15, -0.1) is 24.0 Å². The van der Waals surface area contributed by atoms with Crippen LogP contribution in [-0.4, -0.2) is 48.8 Å². The number of guanidine groups is 1. The molecule has 7 nitrogen and oxygen atoms in total. The molecule has 3 rings (SSSR count). The Kier molecular flexibility index (Phi) is 9.74. The molecule has 0 amide bonds. The minimum absolute atomic E-state index is 0. The number of hydrogen-bond acceptors (Lipinski definition) is 4. The molecule has 8 heteroatoms. The van der Waals surface area contributed by atoms with Crippen molar-refractivity contribution in [1.29, 1.82) is 0 Å². The summed E-state index contributed by atoms with van der Waals surface area (Å²) in [7, 11) is 3.53. The number of benzene rings is 1. The van der Waals surface area contributed by atoms with Crippen LogP contribution in [-0.2, 0) is 13.1 Å². The molecule has 0 bridgehead atoms. The molecular weight excluding hydrogens is 491 g/mol. The monoisotopic (exact) mass is 526 g/mol. The van der Waals surface area contributed by atoms with Crippen LogP contribution in [0.1, 0.15) is 32.5 Å². The van der Waals surface area contributed by atoms with Crippen molar-refractivity contribution in [3.05, 3.63) is 42.5 Å². The van der Waals surface area contributed by atoms with E-state index in [4.69, 9.17) is 4.74 Å². The smallest absolute Gasteiger partial charge is 0.191 e. The Hall–Kier alpha value is -1.97. The zero-order valence-corrected chi connectivity index (χ0v) is 20.8. The Morgan fingerprint density at radius 2 is 2.20 bits per heavy atom. The molecule has 0 aliphatic carbocycles. The summed E-state index contributed by atoms with van der Waals surface area (Å²) in [6.07, 6.45) is 6.18. The van der Waals surface area contributed by atoms with Gasteiger partial charge in [0, 0.05) is 56.9 Å². The molecule has 0 spiro atoms. The lowest BCUT2D eigenvalue weighted by Crippen LogP contribution is -2.51. The normalized spacial score (nSPS) is 16.9. The Balaban J connectivity index is 0.00000320. The van der Waals surface area contributed by atoms with E-state index in [2.05, 4.69) is 56.1 Å². The van der Waals surface area contributed by atoms with E-state index in [9.17, 15) is 0 Å². The van der Waals surface area contributed by atoms with Crippen LogP contribution in [0.4, 0.5) is 5.69 Å². The highest BCUT2D eigenvalue weighted by molar-refractivity contribution is 14.0. The summed E-state index contributed by atoms with van der Waals surface area (Å²) in [5.74, 6) is 3.34. The number of aromatic nitrogens is 2. The van der Waals surface area contributed by atoms with Crippen molar-refractivity contribution in [2.24, 2.45) is 10.9 Å². The number of anilines is 1. The maximum absolute atomic E-state index is 5.38. The zero-order valence-electron chi connectivity index (χ0n) is 18.5. The van der Waals surface area contributed by atoms with Gasteiger partial charge in [0.25, 0.3) is 0 Å². The summed E-state index contributed by atoms with van der Waals surface area (Å²) in [5.41, 5.74) is 1.20. The van der Waals surface area contributed by atoms with E-state index in [-0.39, 0.29) is 24.0 Å². The van der Waals surface area contributed by atoms with Crippen LogP contribution in [0.25, 0.3) is 0 Å². The first-order valence-electron chi connectivity index (χ1n) is 10.4. The molecule has 30 heavy (non-hydrogen) atoms. The summed E-state index contributed by atoms with van der Waals surface area (Å²) in [5, 5.41) is 7.01. The Labute approximate surface area is 197 Å². The number of methoxy groups -OCH3 is 1. The van der Waals surface area contributed by atoms with Gasteiger partial charge in [-0.3, -0.25) is 4.99 Å². The van der Waals surface area contributed by atoms with E-state index < -0.39 is 0 Å². The van der Waals surface area contributed by atoms with Crippen LogP contribution in [0.15, 0.2) is 41.7 Å². The largest absolute Gasteiger partial charge is 0.497 e. The molecule has 0 radical (unpaired) electrons. The van der Waals surface area contributed by atoms with Crippen LogP contribution in [0.2, 0.25) is 0 Å². The number of rotatable bonds is 7. The van der Waals surface area contributed by atoms with Gasteiger partial charge in [-0.2, -0.15) is 0 Å². The molecule has 2 N–H and O–H groups in total. The average Bonchev–Trinajstić information content (AvgIpc) is 3.17. The third-order valence-electron chi connectivity index (χ3n) is 5.18. The van der Waals surface area contributed by atoms with Gasteiger partial charge in [0.15, 0.2) is 5.96 Å². The van der Waals surface area contributed by atoms with Crippen molar-refractivity contribution >= 4 is 35.6 Å². The van der Waals surface area contributed by atoms with Gasteiger partial charge in [0.05, 0.1) is 13.7 Å². The van der Waals surface area contributed by atoms with Crippen LogP contribution in [0.5, 0.6) is 5.75 Å². The molecule has 166 valence electrons. The topological polar surface area (TPSA) is 66.7 Å². The third kappa shape index (κ3) is 6.78. The van der Waals surface area contributed by atoms with E-state index >= 15 is 0 Å². The standard InChI is InChI=1S/C22H34N6O.HI/c1-17(2)15-28-12-10-24-21(28)14-25-22(23-3)26-18-7-6-11-27(16-18)19-8-5-9-20(13-19)29-4;/h5,8-10,12-13,17-18H,6-7,11,14-16H2,1-4H3,(H2,23,25,26);1H. The number of halogens is 1. The Morgan fingerprint density at radius 1 is 1.37 bits per heavy atom. The first-order chi connectivity index (χ1) is 14.1. The SMILES string of the molecule is CN=C(NCc1nccn1CC(C)C)NC1CCCN(c2cccc(OC)c2)C1.I. The fraction of sp³-hybridized carbons (Fsp3) is 0.545. The number of piperidine rings is 1. The van der Waals surface area contributed by atoms with E-state index in [0.29, 0.717) is 18.5 Å². The molecule has 1 aliphatic rings. The quantitative estimate of drug-likeness (QED) is 0.329. The first kappa shape index (κ1) is 24.3. The van der Waals surface area contributed by atoms with Gasteiger partial charge >= 0.3 is 0 Å². The Morgan fingerprint density at radius 3 is 2.93 bits per heavy atom. The van der Waals surface area contributed by atoms with Crippen molar-refractivity contribution in [3.63, 3.8) is 0 Å². The summed E-state index contributed by atoms with van der Waals surface area (Å²) in [4.78, 5) is 11.3. The highest BCUT2D eigenvalue weighted by Crippen LogP contribution is 2.24. The number of aliphatic imine (C=N–C) groups is 1. The van der Waals surface area contributed by atoms with Crippen LogP contribution in [0.3, 0.4) is 0 Å². The Bertz CT molecular complexity index is 806. The van der Waals surface area contributed by atoms with Crippen LogP contribution >= 0.6 is 24.0 Å². The van der Waals surface area contributed by atoms with Crippen molar-refractivity contribution in [2.75, 3.05) is 32.1 Å². The van der Waals surface area contributed by atoms with E-state index in [1.54, 1.807) is 7.11 Å². The number of ether oxygens (including phenoxy) is 1. The van der Waals surface area contributed by atoms with Crippen LogP contribution < -0.4 is 20.3 Å². The lowest BCUT2D eigenvalue weighted by Gasteiger charge is -2.35.